The quantitative estimate of drug-likeness (QED) is 0.898. The smallest absolute Gasteiger partial charge is 0.246 e. The van der Waals surface area contributed by atoms with Crippen molar-refractivity contribution >= 4 is 33.2 Å². The molecule has 1 aromatic carbocycles. The van der Waals surface area contributed by atoms with Gasteiger partial charge in [0.05, 0.1) is 17.9 Å². The summed E-state index contributed by atoms with van der Waals surface area (Å²) in [5.41, 5.74) is 2.18. The maximum Gasteiger partial charge on any atom is 0.246 e. The second-order valence-electron chi connectivity index (χ2n) is 5.69. The van der Waals surface area contributed by atoms with E-state index in [1.54, 1.807) is 0 Å². The normalized spacial score (nSPS) is 20.2. The average Bonchev–Trinajstić information content (AvgIpc) is 2.45. The third-order valence-corrected chi connectivity index (χ3v) is 4.71. The molecule has 0 saturated carbocycles. The number of nitrogens with one attached hydrogen (secondary N) is 1. The van der Waals surface area contributed by atoms with Crippen LogP contribution >= 0.6 is 15.9 Å². The SMILES string of the molecule is CN1CC(=O)N(CC2CCNCC2)c2ccc(Br)cc21. The van der Waals surface area contributed by atoms with E-state index < -0.39 is 0 Å². The Morgan fingerprint density at radius 2 is 2.05 bits per heavy atom. The van der Waals surface area contributed by atoms with Crippen molar-refractivity contribution in [2.75, 3.05) is 43.0 Å². The summed E-state index contributed by atoms with van der Waals surface area (Å²) in [7, 11) is 1.98. The van der Waals surface area contributed by atoms with Gasteiger partial charge in [-0.1, -0.05) is 15.9 Å². The molecule has 1 N–H and O–H groups in total. The summed E-state index contributed by atoms with van der Waals surface area (Å²) in [6.07, 6.45) is 2.32. The number of likely N-dealkylation sites (N-methyl/N-ethyl adjacent to an activating group) is 1. The van der Waals surface area contributed by atoms with Crippen molar-refractivity contribution in [3.05, 3.63) is 22.7 Å². The fraction of sp³-hybridized carbons (Fsp3) is 0.533. The highest BCUT2D eigenvalue weighted by Crippen LogP contribution is 2.36. The lowest BCUT2D eigenvalue weighted by molar-refractivity contribution is -0.117. The van der Waals surface area contributed by atoms with Gasteiger partial charge in [0.1, 0.15) is 0 Å². The molecule has 0 radical (unpaired) electrons. The van der Waals surface area contributed by atoms with Crippen LogP contribution in [0.2, 0.25) is 0 Å². The molecule has 1 amide bonds. The van der Waals surface area contributed by atoms with Crippen LogP contribution in [0.15, 0.2) is 22.7 Å². The number of benzene rings is 1. The number of anilines is 2. The fourth-order valence-corrected chi connectivity index (χ4v) is 3.41. The lowest BCUT2D eigenvalue weighted by Crippen LogP contribution is -2.47. The van der Waals surface area contributed by atoms with Gasteiger partial charge in [0.15, 0.2) is 0 Å². The zero-order chi connectivity index (χ0) is 14.1. The molecule has 0 atom stereocenters. The van der Waals surface area contributed by atoms with Crippen LogP contribution in [0, 0.1) is 5.92 Å². The van der Waals surface area contributed by atoms with Crippen LogP contribution in [0.5, 0.6) is 0 Å². The van der Waals surface area contributed by atoms with E-state index in [4.69, 9.17) is 0 Å². The Bertz CT molecular complexity index is 514. The number of hydrogen-bond donors (Lipinski definition) is 1. The first-order valence-corrected chi connectivity index (χ1v) is 7.96. The Balaban J connectivity index is 1.86. The number of rotatable bonds is 2. The van der Waals surface area contributed by atoms with E-state index in [2.05, 4.69) is 27.3 Å². The Kier molecular flexibility index (Phi) is 3.98. The zero-order valence-electron chi connectivity index (χ0n) is 11.7. The van der Waals surface area contributed by atoms with E-state index in [0.29, 0.717) is 12.5 Å². The first kappa shape index (κ1) is 13.9. The number of amides is 1. The van der Waals surface area contributed by atoms with Gasteiger partial charge in [-0.25, -0.2) is 0 Å². The predicted molar refractivity (Wildman–Crippen MR) is 85.4 cm³/mol. The van der Waals surface area contributed by atoms with Gasteiger partial charge in [-0.2, -0.15) is 0 Å². The molecule has 2 heterocycles. The van der Waals surface area contributed by atoms with Gasteiger partial charge in [-0.05, 0) is 50.0 Å². The predicted octanol–water partition coefficient (Wildman–Crippen LogP) is 2.23. The molecule has 3 rings (SSSR count). The summed E-state index contributed by atoms with van der Waals surface area (Å²) in [6, 6.07) is 6.16. The summed E-state index contributed by atoms with van der Waals surface area (Å²) in [6.45, 7) is 3.46. The van der Waals surface area contributed by atoms with E-state index in [-0.39, 0.29) is 5.91 Å². The third kappa shape index (κ3) is 2.69. The second-order valence-corrected chi connectivity index (χ2v) is 6.60. The first-order valence-electron chi connectivity index (χ1n) is 7.17. The molecule has 1 fully saturated rings. The number of halogens is 1. The van der Waals surface area contributed by atoms with Gasteiger partial charge in [0.25, 0.3) is 0 Å². The molecule has 0 spiro atoms. The molecule has 108 valence electrons. The van der Waals surface area contributed by atoms with E-state index in [0.717, 1.165) is 48.3 Å². The lowest BCUT2D eigenvalue weighted by Gasteiger charge is -2.38. The van der Waals surface area contributed by atoms with Gasteiger partial charge in [-0.15, -0.1) is 0 Å². The fourth-order valence-electron chi connectivity index (χ4n) is 3.06. The molecule has 0 unspecified atom stereocenters. The molecular formula is C15H20BrN3O. The average molecular weight is 338 g/mol. The summed E-state index contributed by atoms with van der Waals surface area (Å²) >= 11 is 3.51. The maximum absolute atomic E-state index is 12.4. The van der Waals surface area contributed by atoms with Gasteiger partial charge >= 0.3 is 0 Å². The van der Waals surface area contributed by atoms with Gasteiger partial charge in [0.2, 0.25) is 5.91 Å². The second kappa shape index (κ2) is 5.74. The van der Waals surface area contributed by atoms with Crippen molar-refractivity contribution in [3.8, 4) is 0 Å². The number of carbonyl (C=O) groups excluding carboxylic acids is 1. The number of carbonyl (C=O) groups is 1. The molecule has 4 nitrogen and oxygen atoms in total. The topological polar surface area (TPSA) is 35.6 Å². The third-order valence-electron chi connectivity index (χ3n) is 4.21. The van der Waals surface area contributed by atoms with E-state index in [1.165, 1.54) is 0 Å². The van der Waals surface area contributed by atoms with Crippen molar-refractivity contribution in [3.63, 3.8) is 0 Å². The minimum absolute atomic E-state index is 0.209. The molecule has 0 aliphatic carbocycles. The number of fused-ring (bicyclic) bond motifs is 1. The largest absolute Gasteiger partial charge is 0.364 e. The Morgan fingerprint density at radius 1 is 1.30 bits per heavy atom. The molecule has 2 aliphatic rings. The van der Waals surface area contributed by atoms with Crippen molar-refractivity contribution in [1.29, 1.82) is 0 Å². The first-order chi connectivity index (χ1) is 9.65. The summed E-state index contributed by atoms with van der Waals surface area (Å²) in [5, 5.41) is 3.38. The van der Waals surface area contributed by atoms with Gasteiger partial charge < -0.3 is 15.1 Å². The zero-order valence-corrected chi connectivity index (χ0v) is 13.3. The van der Waals surface area contributed by atoms with E-state index in [1.807, 2.05) is 29.0 Å². The summed E-state index contributed by atoms with van der Waals surface area (Å²) in [4.78, 5) is 16.4. The Hall–Kier alpha value is -1.07. The van der Waals surface area contributed by atoms with E-state index in [9.17, 15) is 4.79 Å². The van der Waals surface area contributed by atoms with Gasteiger partial charge in [0, 0.05) is 18.1 Å². The van der Waals surface area contributed by atoms with Crippen molar-refractivity contribution in [2.24, 2.45) is 5.92 Å². The minimum atomic E-state index is 0.209. The Labute approximate surface area is 128 Å². The summed E-state index contributed by atoms with van der Waals surface area (Å²) < 4.78 is 1.05. The van der Waals surface area contributed by atoms with Crippen molar-refractivity contribution in [2.45, 2.75) is 12.8 Å². The monoisotopic (exact) mass is 337 g/mol. The van der Waals surface area contributed by atoms with Crippen LogP contribution in [0.3, 0.4) is 0 Å². The van der Waals surface area contributed by atoms with Crippen LogP contribution in [-0.4, -0.2) is 39.1 Å². The number of piperidine rings is 1. The minimum Gasteiger partial charge on any atom is -0.364 e. The van der Waals surface area contributed by atoms with E-state index >= 15 is 0 Å². The van der Waals surface area contributed by atoms with Crippen LogP contribution < -0.4 is 15.1 Å². The van der Waals surface area contributed by atoms with Crippen LogP contribution in [0.1, 0.15) is 12.8 Å². The number of nitrogens with zero attached hydrogens (tertiary/aromatic N) is 2. The lowest BCUT2D eigenvalue weighted by atomic mass is 9.96. The van der Waals surface area contributed by atoms with Crippen LogP contribution in [0.4, 0.5) is 11.4 Å². The summed E-state index contributed by atoms with van der Waals surface area (Å²) in [5.74, 6) is 0.820. The molecule has 20 heavy (non-hydrogen) atoms. The van der Waals surface area contributed by atoms with Gasteiger partial charge in [-0.3, -0.25) is 4.79 Å². The highest BCUT2D eigenvalue weighted by molar-refractivity contribution is 9.10. The highest BCUT2D eigenvalue weighted by atomic mass is 79.9. The van der Waals surface area contributed by atoms with Crippen LogP contribution in [-0.2, 0) is 4.79 Å². The number of hydrogen-bond acceptors (Lipinski definition) is 3. The highest BCUT2D eigenvalue weighted by Gasteiger charge is 2.29. The molecular weight excluding hydrogens is 318 g/mol. The molecule has 1 saturated heterocycles. The molecule has 0 bridgehead atoms. The standard InChI is InChI=1S/C15H20BrN3O/c1-18-10-15(20)19(9-11-4-6-17-7-5-11)13-3-2-12(16)8-14(13)18/h2-3,8,11,17H,4-7,9-10H2,1H3. The Morgan fingerprint density at radius 3 is 2.80 bits per heavy atom. The van der Waals surface area contributed by atoms with Crippen LogP contribution in [0.25, 0.3) is 0 Å². The maximum atomic E-state index is 12.4. The molecule has 0 aromatic heterocycles. The molecule has 2 aliphatic heterocycles. The molecule has 5 heteroatoms. The molecule has 1 aromatic rings. The van der Waals surface area contributed by atoms with Crippen molar-refractivity contribution < 1.29 is 4.79 Å². The van der Waals surface area contributed by atoms with Crippen molar-refractivity contribution in [1.82, 2.24) is 5.32 Å².